The van der Waals surface area contributed by atoms with Gasteiger partial charge in [0, 0.05) is 18.8 Å². The molecule has 0 aliphatic carbocycles. The van der Waals surface area contributed by atoms with Crippen LogP contribution in [0.3, 0.4) is 0 Å². The van der Waals surface area contributed by atoms with Crippen LogP contribution in [0.5, 0.6) is 11.5 Å². The fourth-order valence-corrected chi connectivity index (χ4v) is 3.98. The molecule has 0 heterocycles. The van der Waals surface area contributed by atoms with Crippen LogP contribution in [0.15, 0.2) is 48.5 Å². The molecule has 0 aliphatic heterocycles. The van der Waals surface area contributed by atoms with Crippen LogP contribution in [-0.2, 0) is 21.9 Å². The van der Waals surface area contributed by atoms with Gasteiger partial charge in [-0.1, -0.05) is 37.6 Å². The highest BCUT2D eigenvalue weighted by molar-refractivity contribution is 7.99. The van der Waals surface area contributed by atoms with Gasteiger partial charge in [-0.25, -0.2) is 0 Å². The van der Waals surface area contributed by atoms with Crippen LogP contribution in [-0.4, -0.2) is 49.3 Å². The summed E-state index contributed by atoms with van der Waals surface area (Å²) in [6, 6.07) is 14.8. The van der Waals surface area contributed by atoms with Crippen LogP contribution >= 0.6 is 11.8 Å². The van der Waals surface area contributed by atoms with E-state index < -0.39 is 6.04 Å². The predicted octanol–water partition coefficient (Wildman–Crippen LogP) is 4.27. The number of nitrogens with zero attached hydrogens (tertiary/aromatic N) is 1. The highest BCUT2D eigenvalue weighted by Gasteiger charge is 2.25. The molecule has 0 saturated carbocycles. The Hall–Kier alpha value is -2.67. The molecule has 0 aromatic heterocycles. The van der Waals surface area contributed by atoms with Crippen LogP contribution in [0, 0.1) is 0 Å². The normalized spacial score (nSPS) is 11.5. The van der Waals surface area contributed by atoms with E-state index in [-0.39, 0.29) is 11.8 Å². The summed E-state index contributed by atoms with van der Waals surface area (Å²) in [7, 11) is 3.26. The van der Waals surface area contributed by atoms with E-state index in [1.165, 1.54) is 11.8 Å². The molecule has 174 valence electrons. The molecule has 2 rings (SSSR count). The molecular formula is C25H34N2O4S. The Morgan fingerprint density at radius 3 is 2.06 bits per heavy atom. The Balaban J connectivity index is 2.03. The molecule has 0 fully saturated rings. The minimum Gasteiger partial charge on any atom is -0.497 e. The van der Waals surface area contributed by atoms with Gasteiger partial charge in [0.15, 0.2) is 0 Å². The quantitative estimate of drug-likeness (QED) is 0.454. The molecule has 0 spiro atoms. The van der Waals surface area contributed by atoms with Crippen LogP contribution in [0.4, 0.5) is 0 Å². The molecule has 7 heteroatoms. The lowest BCUT2D eigenvalue weighted by molar-refractivity contribution is -0.138. The summed E-state index contributed by atoms with van der Waals surface area (Å²) < 4.78 is 10.4. The SMILES string of the molecule is CCCCNC(=O)[C@@H](C)N(Cc1ccc(OC)cc1)C(=O)CSCc1ccc(OC)cc1. The Morgan fingerprint density at radius 1 is 0.969 bits per heavy atom. The van der Waals surface area contributed by atoms with Gasteiger partial charge in [-0.2, -0.15) is 0 Å². The molecular weight excluding hydrogens is 424 g/mol. The number of carbonyl (C=O) groups is 2. The van der Waals surface area contributed by atoms with Gasteiger partial charge in [-0.05, 0) is 48.7 Å². The third kappa shape index (κ3) is 8.11. The second-order valence-electron chi connectivity index (χ2n) is 7.53. The van der Waals surface area contributed by atoms with Crippen molar-refractivity contribution in [2.45, 2.75) is 45.0 Å². The Labute approximate surface area is 195 Å². The van der Waals surface area contributed by atoms with Crippen LogP contribution in [0.2, 0.25) is 0 Å². The smallest absolute Gasteiger partial charge is 0.242 e. The summed E-state index contributed by atoms with van der Waals surface area (Å²) in [5.41, 5.74) is 2.07. The number of ether oxygens (including phenoxy) is 2. The van der Waals surface area contributed by atoms with Crippen molar-refractivity contribution in [3.63, 3.8) is 0 Å². The average molecular weight is 459 g/mol. The molecule has 0 bridgehead atoms. The number of unbranched alkanes of at least 4 members (excludes halogenated alkanes) is 1. The molecule has 1 atom stereocenters. The zero-order valence-electron chi connectivity index (χ0n) is 19.4. The number of hydrogen-bond acceptors (Lipinski definition) is 5. The van der Waals surface area contributed by atoms with E-state index in [4.69, 9.17) is 9.47 Å². The molecule has 0 unspecified atom stereocenters. The number of benzene rings is 2. The molecule has 2 aromatic carbocycles. The lowest BCUT2D eigenvalue weighted by Crippen LogP contribution is -2.48. The molecule has 2 aromatic rings. The number of methoxy groups -OCH3 is 2. The first-order valence-electron chi connectivity index (χ1n) is 10.9. The lowest BCUT2D eigenvalue weighted by atomic mass is 10.1. The molecule has 0 saturated heterocycles. The monoisotopic (exact) mass is 458 g/mol. The lowest BCUT2D eigenvalue weighted by Gasteiger charge is -2.29. The Morgan fingerprint density at radius 2 is 1.53 bits per heavy atom. The first-order valence-corrected chi connectivity index (χ1v) is 12.0. The molecule has 6 nitrogen and oxygen atoms in total. The molecule has 32 heavy (non-hydrogen) atoms. The van der Waals surface area contributed by atoms with Gasteiger partial charge in [0.2, 0.25) is 11.8 Å². The summed E-state index contributed by atoms with van der Waals surface area (Å²) in [5, 5.41) is 2.94. The molecule has 2 amide bonds. The zero-order valence-corrected chi connectivity index (χ0v) is 20.2. The van der Waals surface area contributed by atoms with E-state index in [9.17, 15) is 9.59 Å². The number of nitrogens with one attached hydrogen (secondary N) is 1. The fraction of sp³-hybridized carbons (Fsp3) is 0.440. The summed E-state index contributed by atoms with van der Waals surface area (Å²) in [5.74, 6) is 2.39. The highest BCUT2D eigenvalue weighted by Crippen LogP contribution is 2.19. The maximum absolute atomic E-state index is 13.1. The van der Waals surface area contributed by atoms with Crippen molar-refractivity contribution in [1.29, 1.82) is 0 Å². The largest absolute Gasteiger partial charge is 0.497 e. The van der Waals surface area contributed by atoms with Gasteiger partial charge in [-0.15, -0.1) is 11.8 Å². The fourth-order valence-electron chi connectivity index (χ4n) is 3.11. The standard InChI is InChI=1S/C25H34N2O4S/c1-5-6-15-26-25(29)19(2)27(16-20-7-11-22(30-3)12-8-20)24(28)18-32-17-21-9-13-23(31-4)14-10-21/h7-14,19H,5-6,15-18H2,1-4H3,(H,26,29)/t19-/m1/s1. The number of carbonyl (C=O) groups excluding carboxylic acids is 2. The maximum Gasteiger partial charge on any atom is 0.242 e. The van der Waals surface area contributed by atoms with Crippen molar-refractivity contribution in [1.82, 2.24) is 10.2 Å². The van der Waals surface area contributed by atoms with Crippen molar-refractivity contribution in [2.24, 2.45) is 0 Å². The minimum absolute atomic E-state index is 0.0579. The Kier molecular flexibility index (Phi) is 10.9. The van der Waals surface area contributed by atoms with Crippen molar-refractivity contribution in [3.8, 4) is 11.5 Å². The molecule has 0 aliphatic rings. The first-order chi connectivity index (χ1) is 15.5. The van der Waals surface area contributed by atoms with Crippen LogP contribution in [0.25, 0.3) is 0 Å². The topological polar surface area (TPSA) is 67.9 Å². The van der Waals surface area contributed by atoms with Gasteiger partial charge < -0.3 is 19.7 Å². The zero-order chi connectivity index (χ0) is 23.3. The van der Waals surface area contributed by atoms with Crippen LogP contribution in [0.1, 0.15) is 37.8 Å². The molecule has 0 radical (unpaired) electrons. The van der Waals surface area contributed by atoms with Crippen molar-refractivity contribution < 1.29 is 19.1 Å². The summed E-state index contributed by atoms with van der Waals surface area (Å²) in [6.45, 7) is 4.86. The summed E-state index contributed by atoms with van der Waals surface area (Å²) >= 11 is 1.54. The van der Waals surface area contributed by atoms with Crippen molar-refractivity contribution in [2.75, 3.05) is 26.5 Å². The van der Waals surface area contributed by atoms with Gasteiger partial charge in [0.1, 0.15) is 17.5 Å². The second-order valence-corrected chi connectivity index (χ2v) is 8.52. The van der Waals surface area contributed by atoms with Crippen molar-refractivity contribution in [3.05, 3.63) is 59.7 Å². The first kappa shape index (κ1) is 25.6. The third-order valence-electron chi connectivity index (χ3n) is 5.16. The number of rotatable bonds is 13. The van der Waals surface area contributed by atoms with Crippen molar-refractivity contribution >= 4 is 23.6 Å². The number of thioether (sulfide) groups is 1. The van der Waals surface area contributed by atoms with E-state index in [1.807, 2.05) is 48.5 Å². The van der Waals surface area contributed by atoms with E-state index in [2.05, 4.69) is 12.2 Å². The highest BCUT2D eigenvalue weighted by atomic mass is 32.2. The maximum atomic E-state index is 13.1. The van der Waals surface area contributed by atoms with E-state index in [0.29, 0.717) is 24.6 Å². The van der Waals surface area contributed by atoms with E-state index >= 15 is 0 Å². The summed E-state index contributed by atoms with van der Waals surface area (Å²) in [6.07, 6.45) is 1.92. The minimum atomic E-state index is -0.553. The number of amides is 2. The second kappa shape index (κ2) is 13.7. The average Bonchev–Trinajstić information content (AvgIpc) is 2.82. The molecule has 1 N–H and O–H groups in total. The van der Waals surface area contributed by atoms with Gasteiger partial charge in [0.25, 0.3) is 0 Å². The van der Waals surface area contributed by atoms with Gasteiger partial charge in [-0.3, -0.25) is 9.59 Å². The summed E-state index contributed by atoms with van der Waals surface area (Å²) in [4.78, 5) is 27.4. The van der Waals surface area contributed by atoms with E-state index in [1.54, 1.807) is 26.0 Å². The Bertz CT molecular complexity index is 840. The predicted molar refractivity (Wildman–Crippen MR) is 130 cm³/mol. The van der Waals surface area contributed by atoms with Gasteiger partial charge >= 0.3 is 0 Å². The third-order valence-corrected chi connectivity index (χ3v) is 6.15. The van der Waals surface area contributed by atoms with E-state index in [0.717, 1.165) is 35.5 Å². The number of hydrogen-bond donors (Lipinski definition) is 1. The van der Waals surface area contributed by atoms with Crippen LogP contribution < -0.4 is 14.8 Å². The van der Waals surface area contributed by atoms with Gasteiger partial charge in [0.05, 0.1) is 20.0 Å².